The van der Waals surface area contributed by atoms with Gasteiger partial charge >= 0.3 is 6.03 Å². The second-order valence-corrected chi connectivity index (χ2v) is 9.38. The molecule has 2 aromatic carbocycles. The molecule has 2 N–H and O–H groups in total. The molecule has 34 heavy (non-hydrogen) atoms. The Hall–Kier alpha value is -3.06. The van der Waals surface area contributed by atoms with Gasteiger partial charge in [-0.15, -0.1) is 0 Å². The van der Waals surface area contributed by atoms with E-state index in [0.29, 0.717) is 48.9 Å². The summed E-state index contributed by atoms with van der Waals surface area (Å²) in [6.45, 7) is 3.36. The summed E-state index contributed by atoms with van der Waals surface area (Å²) in [4.78, 5) is 40.8. The summed E-state index contributed by atoms with van der Waals surface area (Å²) >= 11 is 5.92. The lowest BCUT2D eigenvalue weighted by molar-refractivity contribution is -0.127. The molecule has 180 valence electrons. The average Bonchev–Trinajstić information content (AvgIpc) is 3.27. The van der Waals surface area contributed by atoms with Crippen molar-refractivity contribution in [2.75, 3.05) is 38.0 Å². The minimum Gasteiger partial charge on any atom is -0.352 e. The zero-order valence-corrected chi connectivity index (χ0v) is 20.0. The molecule has 0 spiro atoms. The fourth-order valence-electron chi connectivity index (χ4n) is 4.62. The number of carbonyl (C=O) groups excluding carboxylic acids is 3. The van der Waals surface area contributed by atoms with E-state index in [1.807, 2.05) is 34.1 Å². The predicted molar refractivity (Wildman–Crippen MR) is 133 cm³/mol. The van der Waals surface area contributed by atoms with Crippen LogP contribution < -0.4 is 10.6 Å². The van der Waals surface area contributed by atoms with Crippen LogP contribution in [-0.4, -0.2) is 60.4 Å². The normalized spacial score (nSPS) is 18.1. The Kier molecular flexibility index (Phi) is 8.06. The maximum absolute atomic E-state index is 12.8. The van der Waals surface area contributed by atoms with Gasteiger partial charge in [-0.2, -0.15) is 0 Å². The first kappa shape index (κ1) is 24.1. The van der Waals surface area contributed by atoms with Crippen LogP contribution in [0.1, 0.15) is 53.9 Å². The molecule has 2 aromatic rings. The minimum atomic E-state index is -0.127. The third-order valence-corrected chi connectivity index (χ3v) is 6.74. The second kappa shape index (κ2) is 11.4. The van der Waals surface area contributed by atoms with Crippen LogP contribution in [-0.2, 0) is 4.79 Å². The second-order valence-electron chi connectivity index (χ2n) is 8.94. The number of piperidine rings is 1. The summed E-state index contributed by atoms with van der Waals surface area (Å²) in [6, 6.07) is 14.6. The summed E-state index contributed by atoms with van der Waals surface area (Å²) in [7, 11) is 0. The van der Waals surface area contributed by atoms with E-state index in [2.05, 4.69) is 10.6 Å². The number of anilines is 1. The molecular formula is C26H31ClN4O3. The Balaban J connectivity index is 1.29. The zero-order valence-electron chi connectivity index (χ0n) is 19.3. The van der Waals surface area contributed by atoms with Gasteiger partial charge < -0.3 is 20.4 Å². The fourth-order valence-corrected chi connectivity index (χ4v) is 4.74. The van der Waals surface area contributed by atoms with E-state index >= 15 is 0 Å². The largest absolute Gasteiger partial charge is 0.352 e. The first-order valence-electron chi connectivity index (χ1n) is 12.0. The number of halogens is 1. The summed E-state index contributed by atoms with van der Waals surface area (Å²) < 4.78 is 0. The maximum atomic E-state index is 12.8. The Labute approximate surface area is 205 Å². The van der Waals surface area contributed by atoms with Crippen molar-refractivity contribution < 1.29 is 14.4 Å². The Bertz CT molecular complexity index is 1030. The zero-order chi connectivity index (χ0) is 23.9. The number of amides is 4. The van der Waals surface area contributed by atoms with E-state index in [0.717, 1.165) is 37.8 Å². The highest BCUT2D eigenvalue weighted by molar-refractivity contribution is 6.30. The van der Waals surface area contributed by atoms with Crippen molar-refractivity contribution in [3.05, 3.63) is 64.7 Å². The third-order valence-electron chi connectivity index (χ3n) is 6.49. The molecule has 0 unspecified atom stereocenters. The van der Waals surface area contributed by atoms with Gasteiger partial charge in [-0.25, -0.2) is 4.79 Å². The van der Waals surface area contributed by atoms with Crippen LogP contribution in [0, 0.1) is 0 Å². The topological polar surface area (TPSA) is 81.8 Å². The van der Waals surface area contributed by atoms with Crippen molar-refractivity contribution in [2.24, 2.45) is 0 Å². The van der Waals surface area contributed by atoms with Gasteiger partial charge in [-0.1, -0.05) is 23.7 Å². The molecule has 8 heteroatoms. The van der Waals surface area contributed by atoms with Crippen molar-refractivity contribution in [1.82, 2.24) is 15.1 Å². The van der Waals surface area contributed by atoms with Gasteiger partial charge in [0.2, 0.25) is 5.91 Å². The molecule has 1 atom stereocenters. The van der Waals surface area contributed by atoms with Gasteiger partial charge in [-0.3, -0.25) is 9.59 Å². The van der Waals surface area contributed by atoms with Crippen LogP contribution in [0.5, 0.6) is 0 Å². The molecule has 2 aliphatic rings. The number of nitrogens with zero attached hydrogens (tertiary/aromatic N) is 2. The standard InChI is InChI=1S/C26H31ClN4O3/c27-22-9-11-23(12-10-22)29-26(34)31-15-2-7-21(18-31)19-5-1-6-20(17-19)25(33)28-13-4-16-30-14-3-8-24(30)32/h1,5-6,9-12,17,21H,2-4,7-8,13-16,18H2,(H,28,33)(H,29,34)/t21-/m1/s1. The number of rotatable bonds is 7. The molecule has 2 aliphatic heterocycles. The molecule has 2 heterocycles. The van der Waals surface area contributed by atoms with Crippen molar-refractivity contribution >= 4 is 35.1 Å². The van der Waals surface area contributed by atoms with Gasteiger partial charge in [0, 0.05) is 61.3 Å². The van der Waals surface area contributed by atoms with E-state index < -0.39 is 0 Å². The molecule has 0 saturated carbocycles. The van der Waals surface area contributed by atoms with Gasteiger partial charge in [0.15, 0.2) is 0 Å². The monoisotopic (exact) mass is 482 g/mol. The predicted octanol–water partition coefficient (Wildman–Crippen LogP) is 4.49. The Morgan fingerprint density at radius 1 is 1.06 bits per heavy atom. The fraction of sp³-hybridized carbons (Fsp3) is 0.423. The van der Waals surface area contributed by atoms with Crippen LogP contribution in [0.2, 0.25) is 5.02 Å². The molecule has 4 amide bonds. The van der Waals surface area contributed by atoms with Crippen molar-refractivity contribution in [3.63, 3.8) is 0 Å². The Morgan fingerprint density at radius 2 is 1.88 bits per heavy atom. The van der Waals surface area contributed by atoms with Gasteiger partial charge in [0.1, 0.15) is 0 Å². The summed E-state index contributed by atoms with van der Waals surface area (Å²) in [6.07, 6.45) is 4.20. The lowest BCUT2D eigenvalue weighted by Gasteiger charge is -2.33. The van der Waals surface area contributed by atoms with Crippen molar-refractivity contribution in [1.29, 1.82) is 0 Å². The highest BCUT2D eigenvalue weighted by Crippen LogP contribution is 2.28. The van der Waals surface area contributed by atoms with Crippen LogP contribution in [0.25, 0.3) is 0 Å². The van der Waals surface area contributed by atoms with Crippen LogP contribution in [0.15, 0.2) is 48.5 Å². The molecular weight excluding hydrogens is 452 g/mol. The number of nitrogens with one attached hydrogen (secondary N) is 2. The first-order valence-corrected chi connectivity index (χ1v) is 12.3. The third kappa shape index (κ3) is 6.29. The maximum Gasteiger partial charge on any atom is 0.321 e. The molecule has 4 rings (SSSR count). The highest BCUT2D eigenvalue weighted by atomic mass is 35.5. The van der Waals surface area contributed by atoms with Crippen LogP contribution in [0.4, 0.5) is 10.5 Å². The molecule has 0 radical (unpaired) electrons. The number of carbonyl (C=O) groups is 3. The number of hydrogen-bond donors (Lipinski definition) is 2. The smallest absolute Gasteiger partial charge is 0.321 e. The van der Waals surface area contributed by atoms with E-state index in [1.165, 1.54) is 0 Å². The molecule has 2 saturated heterocycles. The van der Waals surface area contributed by atoms with E-state index in [4.69, 9.17) is 11.6 Å². The number of hydrogen-bond acceptors (Lipinski definition) is 3. The summed E-state index contributed by atoms with van der Waals surface area (Å²) in [5, 5.41) is 6.52. The molecule has 0 aromatic heterocycles. The van der Waals surface area contributed by atoms with Crippen LogP contribution >= 0.6 is 11.6 Å². The molecule has 0 aliphatic carbocycles. The molecule has 7 nitrogen and oxygen atoms in total. The van der Waals surface area contributed by atoms with Gasteiger partial charge in [0.25, 0.3) is 5.91 Å². The summed E-state index contributed by atoms with van der Waals surface area (Å²) in [5.74, 6) is 0.281. The minimum absolute atomic E-state index is 0.109. The van der Waals surface area contributed by atoms with E-state index in [-0.39, 0.29) is 23.8 Å². The highest BCUT2D eigenvalue weighted by Gasteiger charge is 2.25. The lowest BCUT2D eigenvalue weighted by atomic mass is 9.89. The molecule has 0 bridgehead atoms. The number of likely N-dealkylation sites (tertiary alicyclic amines) is 2. The van der Waals surface area contributed by atoms with Gasteiger partial charge in [0.05, 0.1) is 0 Å². The first-order chi connectivity index (χ1) is 16.5. The Morgan fingerprint density at radius 3 is 2.65 bits per heavy atom. The van der Waals surface area contributed by atoms with E-state index in [1.54, 1.807) is 24.3 Å². The number of urea groups is 1. The van der Waals surface area contributed by atoms with Gasteiger partial charge in [-0.05, 0) is 67.6 Å². The van der Waals surface area contributed by atoms with Crippen molar-refractivity contribution in [3.8, 4) is 0 Å². The lowest BCUT2D eigenvalue weighted by Crippen LogP contribution is -2.41. The quantitative estimate of drug-likeness (QED) is 0.570. The van der Waals surface area contributed by atoms with Crippen molar-refractivity contribution in [2.45, 2.75) is 38.0 Å². The number of benzene rings is 2. The summed E-state index contributed by atoms with van der Waals surface area (Å²) in [5.41, 5.74) is 2.40. The van der Waals surface area contributed by atoms with E-state index in [9.17, 15) is 14.4 Å². The van der Waals surface area contributed by atoms with Crippen LogP contribution in [0.3, 0.4) is 0 Å². The SMILES string of the molecule is O=C(NCCCN1CCCC1=O)c1cccc([C@@H]2CCCN(C(=O)Nc3ccc(Cl)cc3)C2)c1. The molecule has 2 fully saturated rings. The average molecular weight is 483 g/mol.